The SMILES string of the molecule is CCCCC(=O)N(Cc1ccc(-c2ccccc2-c2nn[nH]n2)cc1)[C@H](C(=O)OCCCO[N+](=O)[O-])C(C)C. The average Bonchev–Trinajstić information content (AvgIpc) is 3.46. The topological polar surface area (TPSA) is 153 Å². The molecule has 0 unspecified atom stereocenters. The number of nitrogens with one attached hydrogen (secondary N) is 1. The van der Waals surface area contributed by atoms with E-state index in [1.807, 2.05) is 69.3 Å². The van der Waals surface area contributed by atoms with Crippen molar-refractivity contribution in [1.82, 2.24) is 25.5 Å². The van der Waals surface area contributed by atoms with Crippen LogP contribution in [0.4, 0.5) is 0 Å². The molecule has 208 valence electrons. The number of aromatic nitrogens is 4. The van der Waals surface area contributed by atoms with Crippen molar-refractivity contribution in [2.24, 2.45) is 5.92 Å². The Balaban J connectivity index is 1.79. The first-order valence-electron chi connectivity index (χ1n) is 13.0. The second kappa shape index (κ2) is 14.6. The normalized spacial score (nSPS) is 11.7. The van der Waals surface area contributed by atoms with E-state index in [1.54, 1.807) is 4.90 Å². The third-order valence-electron chi connectivity index (χ3n) is 6.13. The molecule has 12 nitrogen and oxygen atoms in total. The number of ether oxygens (including phenoxy) is 1. The lowest BCUT2D eigenvalue weighted by molar-refractivity contribution is -0.757. The molecule has 0 fully saturated rings. The van der Waals surface area contributed by atoms with Crippen LogP contribution in [-0.2, 0) is 25.7 Å². The molecule has 1 atom stereocenters. The number of amides is 1. The van der Waals surface area contributed by atoms with E-state index in [-0.39, 0.29) is 38.0 Å². The summed E-state index contributed by atoms with van der Waals surface area (Å²) in [5.41, 5.74) is 3.57. The third kappa shape index (κ3) is 8.32. The molecule has 1 amide bonds. The van der Waals surface area contributed by atoms with Gasteiger partial charge in [-0.2, -0.15) is 5.21 Å². The molecule has 39 heavy (non-hydrogen) atoms. The Labute approximate surface area is 226 Å². The number of H-pyrrole nitrogens is 1. The first-order chi connectivity index (χ1) is 18.8. The van der Waals surface area contributed by atoms with Crippen LogP contribution in [0.25, 0.3) is 22.5 Å². The number of carbonyl (C=O) groups excluding carboxylic acids is 2. The molecule has 0 aliphatic rings. The van der Waals surface area contributed by atoms with Crippen LogP contribution in [0.5, 0.6) is 0 Å². The number of aromatic amines is 1. The minimum atomic E-state index is -0.887. The molecule has 12 heteroatoms. The molecule has 0 spiro atoms. The average molecular weight is 539 g/mol. The number of hydrogen-bond donors (Lipinski definition) is 1. The van der Waals surface area contributed by atoms with Gasteiger partial charge in [0.25, 0.3) is 5.09 Å². The fraction of sp³-hybridized carbons (Fsp3) is 0.444. The van der Waals surface area contributed by atoms with Gasteiger partial charge in [-0.25, -0.2) is 4.79 Å². The Morgan fingerprint density at radius 3 is 2.38 bits per heavy atom. The van der Waals surface area contributed by atoms with Gasteiger partial charge in [-0.15, -0.1) is 20.3 Å². The van der Waals surface area contributed by atoms with Gasteiger partial charge >= 0.3 is 5.97 Å². The van der Waals surface area contributed by atoms with Crippen LogP contribution in [0.3, 0.4) is 0 Å². The van der Waals surface area contributed by atoms with Crippen LogP contribution >= 0.6 is 0 Å². The summed E-state index contributed by atoms with van der Waals surface area (Å²) in [5, 5.41) is 23.7. The first kappa shape index (κ1) is 29.2. The Morgan fingerprint density at radius 1 is 1.05 bits per heavy atom. The highest BCUT2D eigenvalue weighted by atomic mass is 16.9. The van der Waals surface area contributed by atoms with E-state index in [2.05, 4.69) is 25.5 Å². The highest BCUT2D eigenvalue weighted by Crippen LogP contribution is 2.30. The van der Waals surface area contributed by atoms with Crippen molar-refractivity contribution in [2.75, 3.05) is 13.2 Å². The molecule has 0 saturated carbocycles. The zero-order valence-corrected chi connectivity index (χ0v) is 22.4. The van der Waals surface area contributed by atoms with E-state index in [4.69, 9.17) is 4.74 Å². The lowest BCUT2D eigenvalue weighted by Gasteiger charge is -2.33. The summed E-state index contributed by atoms with van der Waals surface area (Å²) in [6.45, 7) is 5.75. The van der Waals surface area contributed by atoms with E-state index < -0.39 is 17.1 Å². The van der Waals surface area contributed by atoms with Crippen LogP contribution < -0.4 is 0 Å². The Hall–Kier alpha value is -4.35. The van der Waals surface area contributed by atoms with Crippen molar-refractivity contribution in [1.29, 1.82) is 0 Å². The van der Waals surface area contributed by atoms with Gasteiger partial charge in [0.05, 0.1) is 13.2 Å². The van der Waals surface area contributed by atoms with Gasteiger partial charge in [-0.3, -0.25) is 4.79 Å². The first-order valence-corrected chi connectivity index (χ1v) is 13.0. The highest BCUT2D eigenvalue weighted by Gasteiger charge is 2.33. The summed E-state index contributed by atoms with van der Waals surface area (Å²) in [5.74, 6) is -0.387. The number of benzene rings is 2. The fourth-order valence-corrected chi connectivity index (χ4v) is 4.22. The lowest BCUT2D eigenvalue weighted by atomic mass is 9.97. The number of nitrogens with zero attached hydrogens (tertiary/aromatic N) is 5. The number of unbranched alkanes of at least 4 members (excludes halogenated alkanes) is 1. The molecular weight excluding hydrogens is 504 g/mol. The number of esters is 1. The summed E-state index contributed by atoms with van der Waals surface area (Å²) >= 11 is 0. The second-order valence-corrected chi connectivity index (χ2v) is 9.37. The zero-order chi connectivity index (χ0) is 28.2. The van der Waals surface area contributed by atoms with E-state index in [0.717, 1.165) is 28.7 Å². The van der Waals surface area contributed by atoms with E-state index >= 15 is 0 Å². The predicted molar refractivity (Wildman–Crippen MR) is 142 cm³/mol. The molecule has 0 aliphatic carbocycles. The van der Waals surface area contributed by atoms with Gasteiger partial charge < -0.3 is 14.5 Å². The molecule has 1 heterocycles. The number of tetrazole rings is 1. The molecule has 1 N–H and O–H groups in total. The maximum Gasteiger partial charge on any atom is 0.329 e. The third-order valence-corrected chi connectivity index (χ3v) is 6.13. The Morgan fingerprint density at radius 2 is 1.77 bits per heavy atom. The van der Waals surface area contributed by atoms with Gasteiger partial charge in [-0.1, -0.05) is 75.7 Å². The smallest absolute Gasteiger partial charge is 0.329 e. The Bertz CT molecular complexity index is 1220. The van der Waals surface area contributed by atoms with Crippen LogP contribution in [0.1, 0.15) is 52.0 Å². The van der Waals surface area contributed by atoms with Gasteiger partial charge in [0.15, 0.2) is 0 Å². The monoisotopic (exact) mass is 538 g/mol. The quantitative estimate of drug-likeness (QED) is 0.130. The van der Waals surface area contributed by atoms with Gasteiger partial charge in [0, 0.05) is 24.9 Å². The summed E-state index contributed by atoms with van der Waals surface area (Å²) < 4.78 is 5.39. The molecule has 0 saturated heterocycles. The van der Waals surface area contributed by atoms with Crippen molar-refractivity contribution in [2.45, 2.75) is 59.0 Å². The van der Waals surface area contributed by atoms with Crippen molar-refractivity contribution in [3.63, 3.8) is 0 Å². The van der Waals surface area contributed by atoms with Gasteiger partial charge in [-0.05, 0) is 34.2 Å². The molecule has 0 aliphatic heterocycles. The van der Waals surface area contributed by atoms with Crippen LogP contribution in [0.2, 0.25) is 0 Å². The molecule has 2 aromatic carbocycles. The second-order valence-electron chi connectivity index (χ2n) is 9.37. The zero-order valence-electron chi connectivity index (χ0n) is 22.4. The maximum absolute atomic E-state index is 13.3. The molecule has 1 aromatic heterocycles. The van der Waals surface area contributed by atoms with Gasteiger partial charge in [0.1, 0.15) is 6.04 Å². The van der Waals surface area contributed by atoms with Crippen LogP contribution in [0.15, 0.2) is 48.5 Å². The van der Waals surface area contributed by atoms with E-state index in [1.165, 1.54) is 0 Å². The van der Waals surface area contributed by atoms with E-state index in [0.29, 0.717) is 18.7 Å². The highest BCUT2D eigenvalue weighted by molar-refractivity contribution is 5.85. The summed E-state index contributed by atoms with van der Waals surface area (Å²) in [6, 6.07) is 14.7. The van der Waals surface area contributed by atoms with Crippen molar-refractivity contribution >= 4 is 11.9 Å². The number of carbonyl (C=O) groups is 2. The minimum absolute atomic E-state index is 0.0403. The number of rotatable bonds is 15. The predicted octanol–water partition coefficient (Wildman–Crippen LogP) is 4.22. The summed E-state index contributed by atoms with van der Waals surface area (Å²) in [7, 11) is 0. The Kier molecular flexibility index (Phi) is 10.9. The molecule has 3 rings (SSSR count). The van der Waals surface area contributed by atoms with E-state index in [9.17, 15) is 19.7 Å². The molecule has 0 radical (unpaired) electrons. The minimum Gasteiger partial charge on any atom is -0.464 e. The molecule has 3 aromatic rings. The maximum atomic E-state index is 13.3. The van der Waals surface area contributed by atoms with Crippen molar-refractivity contribution in [3.05, 3.63) is 64.2 Å². The molecule has 0 bridgehead atoms. The largest absolute Gasteiger partial charge is 0.464 e. The van der Waals surface area contributed by atoms with Crippen LogP contribution in [0, 0.1) is 16.0 Å². The summed E-state index contributed by atoms with van der Waals surface area (Å²) in [6.07, 6.45) is 2.05. The fourth-order valence-electron chi connectivity index (χ4n) is 4.22. The summed E-state index contributed by atoms with van der Waals surface area (Å²) in [4.78, 5) is 42.5. The number of hydrogen-bond acceptors (Lipinski definition) is 9. The van der Waals surface area contributed by atoms with Crippen molar-refractivity contribution in [3.8, 4) is 22.5 Å². The standard InChI is InChI=1S/C27H34N6O6/c1-4-5-11-24(34)32(25(19(2)3)27(35)38-16-8-17-39-33(36)37)18-20-12-14-21(15-13-20)22-9-6-7-10-23(22)26-28-30-31-29-26/h6-7,9-10,12-15,19,25H,4-5,8,11,16-18H2,1-3H3,(H,28,29,30,31)/t25-/m0/s1. The van der Waals surface area contributed by atoms with Gasteiger partial charge in [0.2, 0.25) is 11.7 Å². The lowest BCUT2D eigenvalue weighted by Crippen LogP contribution is -2.48. The molecular formula is C27H34N6O6. The van der Waals surface area contributed by atoms with Crippen LogP contribution in [-0.4, -0.2) is 61.7 Å². The van der Waals surface area contributed by atoms with Crippen molar-refractivity contribution < 1.29 is 24.3 Å².